The zero-order valence-corrected chi connectivity index (χ0v) is 19.6. The van der Waals surface area contributed by atoms with Crippen LogP contribution in [0.15, 0.2) is 42.6 Å². The van der Waals surface area contributed by atoms with Gasteiger partial charge in [0.2, 0.25) is 0 Å². The standard InChI is InChI=1S/C24H26ClF3N4O2/c1-14(2)34-19-11-6-15(12-18(19)25)23(33)30-17-9-7-16(8-10-17)29-21-4-3-5-22-31-20(13-32(21)22)24(26,27)28/h3-6,11-14,16-17,29H,7-10H2,1-2H3,(H,30,33)/t16-,17+. The van der Waals surface area contributed by atoms with Crippen LogP contribution in [0.1, 0.15) is 55.6 Å². The van der Waals surface area contributed by atoms with Crippen LogP contribution in [-0.2, 0) is 6.18 Å². The van der Waals surface area contributed by atoms with Crippen LogP contribution in [0.5, 0.6) is 5.75 Å². The van der Waals surface area contributed by atoms with Crippen LogP contribution in [-0.4, -0.2) is 33.5 Å². The van der Waals surface area contributed by atoms with Gasteiger partial charge in [0.25, 0.3) is 5.91 Å². The fraction of sp³-hybridized carbons (Fsp3) is 0.417. The number of fused-ring (bicyclic) bond motifs is 1. The van der Waals surface area contributed by atoms with E-state index in [1.807, 2.05) is 13.8 Å². The van der Waals surface area contributed by atoms with Crippen molar-refractivity contribution in [2.45, 2.75) is 63.9 Å². The minimum atomic E-state index is -4.49. The van der Waals surface area contributed by atoms with E-state index < -0.39 is 11.9 Å². The molecule has 1 saturated carbocycles. The number of amides is 1. The fourth-order valence-electron chi connectivity index (χ4n) is 4.12. The van der Waals surface area contributed by atoms with Gasteiger partial charge in [-0.25, -0.2) is 4.98 Å². The highest BCUT2D eigenvalue weighted by Crippen LogP contribution is 2.30. The number of carbonyl (C=O) groups is 1. The number of hydrogen-bond donors (Lipinski definition) is 2. The van der Waals surface area contributed by atoms with Crippen LogP contribution in [0, 0.1) is 0 Å². The first kappa shape index (κ1) is 24.2. The van der Waals surface area contributed by atoms with Gasteiger partial charge in [-0.1, -0.05) is 17.7 Å². The molecule has 1 aromatic carbocycles. The number of halogens is 4. The molecule has 1 fully saturated rings. The molecule has 6 nitrogen and oxygen atoms in total. The first-order chi connectivity index (χ1) is 16.1. The molecule has 2 N–H and O–H groups in total. The lowest BCUT2D eigenvalue weighted by atomic mass is 9.91. The number of carbonyl (C=O) groups excluding carboxylic acids is 1. The van der Waals surface area contributed by atoms with Gasteiger partial charge in [-0.05, 0) is 69.9 Å². The van der Waals surface area contributed by atoms with Crippen molar-refractivity contribution in [1.82, 2.24) is 14.7 Å². The number of rotatable bonds is 6. The topological polar surface area (TPSA) is 67.7 Å². The summed E-state index contributed by atoms with van der Waals surface area (Å²) in [5.74, 6) is 0.902. The molecule has 0 saturated heterocycles. The van der Waals surface area contributed by atoms with E-state index >= 15 is 0 Å². The summed E-state index contributed by atoms with van der Waals surface area (Å²) in [7, 11) is 0. The maximum absolute atomic E-state index is 13.0. The second-order valence-electron chi connectivity index (χ2n) is 8.74. The predicted octanol–water partition coefficient (Wildman–Crippen LogP) is 5.95. The zero-order valence-electron chi connectivity index (χ0n) is 18.8. The van der Waals surface area contributed by atoms with Crippen LogP contribution in [0.2, 0.25) is 5.02 Å². The highest BCUT2D eigenvalue weighted by Gasteiger charge is 2.34. The Morgan fingerprint density at radius 2 is 1.85 bits per heavy atom. The minimum absolute atomic E-state index is 0.0109. The Balaban J connectivity index is 1.34. The zero-order chi connectivity index (χ0) is 24.5. The highest BCUT2D eigenvalue weighted by molar-refractivity contribution is 6.32. The maximum atomic E-state index is 13.0. The predicted molar refractivity (Wildman–Crippen MR) is 125 cm³/mol. The van der Waals surface area contributed by atoms with E-state index in [1.165, 1.54) is 4.40 Å². The van der Waals surface area contributed by atoms with E-state index in [4.69, 9.17) is 16.3 Å². The Bertz CT molecular complexity index is 1170. The molecule has 0 unspecified atom stereocenters. The normalized spacial score (nSPS) is 18.8. The number of aromatic nitrogens is 2. The second-order valence-corrected chi connectivity index (χ2v) is 9.15. The van der Waals surface area contributed by atoms with Gasteiger partial charge in [-0.2, -0.15) is 13.2 Å². The van der Waals surface area contributed by atoms with Crippen molar-refractivity contribution in [3.8, 4) is 5.75 Å². The van der Waals surface area contributed by atoms with Crippen LogP contribution < -0.4 is 15.4 Å². The van der Waals surface area contributed by atoms with Crippen LogP contribution in [0.25, 0.3) is 5.65 Å². The molecule has 0 aliphatic heterocycles. The van der Waals surface area contributed by atoms with Crippen molar-refractivity contribution in [3.05, 3.63) is 58.9 Å². The molecule has 1 amide bonds. The van der Waals surface area contributed by atoms with Crippen LogP contribution >= 0.6 is 11.6 Å². The molecule has 0 radical (unpaired) electrons. The van der Waals surface area contributed by atoms with E-state index in [0.717, 1.165) is 31.9 Å². The number of benzene rings is 1. The molecule has 10 heteroatoms. The van der Waals surface area contributed by atoms with Gasteiger partial charge in [0.15, 0.2) is 5.69 Å². The second kappa shape index (κ2) is 9.74. The van der Waals surface area contributed by atoms with Gasteiger partial charge in [-0.3, -0.25) is 9.20 Å². The molecule has 34 heavy (non-hydrogen) atoms. The summed E-state index contributed by atoms with van der Waals surface area (Å²) >= 11 is 6.24. The number of ether oxygens (including phenoxy) is 1. The summed E-state index contributed by atoms with van der Waals surface area (Å²) in [4.78, 5) is 16.3. The Morgan fingerprint density at radius 1 is 1.15 bits per heavy atom. The van der Waals surface area contributed by atoms with Gasteiger partial charge in [0, 0.05) is 23.8 Å². The van der Waals surface area contributed by atoms with Gasteiger partial charge in [-0.15, -0.1) is 0 Å². The number of nitrogens with zero attached hydrogens (tertiary/aromatic N) is 2. The molecular weight excluding hydrogens is 469 g/mol. The van der Waals surface area contributed by atoms with Crippen LogP contribution in [0.3, 0.4) is 0 Å². The molecule has 3 aromatic rings. The average Bonchev–Trinajstić information content (AvgIpc) is 3.22. The molecule has 0 bridgehead atoms. The molecule has 0 spiro atoms. The molecule has 1 aliphatic rings. The quantitative estimate of drug-likeness (QED) is 0.444. The summed E-state index contributed by atoms with van der Waals surface area (Å²) in [5, 5.41) is 6.77. The van der Waals surface area contributed by atoms with Gasteiger partial charge < -0.3 is 15.4 Å². The summed E-state index contributed by atoms with van der Waals surface area (Å²) in [6.07, 6.45) is -0.474. The number of imidazole rings is 1. The van der Waals surface area contributed by atoms with Gasteiger partial charge in [0.1, 0.15) is 17.2 Å². The average molecular weight is 495 g/mol. The molecular formula is C24H26ClF3N4O2. The van der Waals surface area contributed by atoms with Crippen LogP contribution in [0.4, 0.5) is 19.0 Å². The summed E-state index contributed by atoms with van der Waals surface area (Å²) in [6.45, 7) is 3.80. The van der Waals surface area contributed by atoms with E-state index in [2.05, 4.69) is 15.6 Å². The third kappa shape index (κ3) is 5.58. The smallest absolute Gasteiger partial charge is 0.434 e. The fourth-order valence-corrected chi connectivity index (χ4v) is 4.34. The highest BCUT2D eigenvalue weighted by atomic mass is 35.5. The van der Waals surface area contributed by atoms with E-state index in [-0.39, 0.29) is 29.7 Å². The monoisotopic (exact) mass is 494 g/mol. The van der Waals surface area contributed by atoms with Gasteiger partial charge in [0.05, 0.1) is 11.1 Å². The Labute approximate surface area is 200 Å². The number of hydrogen-bond acceptors (Lipinski definition) is 4. The largest absolute Gasteiger partial charge is 0.489 e. The Hall–Kier alpha value is -2.94. The Kier molecular flexibility index (Phi) is 6.93. The number of pyridine rings is 1. The third-order valence-electron chi connectivity index (χ3n) is 5.75. The SMILES string of the molecule is CC(C)Oc1ccc(C(=O)N[C@H]2CC[C@@H](Nc3cccc4nc(C(F)(F)F)cn34)CC2)cc1Cl. The van der Waals surface area contributed by atoms with Crippen molar-refractivity contribution < 1.29 is 22.7 Å². The van der Waals surface area contributed by atoms with Crippen molar-refractivity contribution in [2.24, 2.45) is 0 Å². The van der Waals surface area contributed by atoms with E-state index in [9.17, 15) is 18.0 Å². The van der Waals surface area contributed by atoms with Crippen molar-refractivity contribution >= 4 is 29.0 Å². The lowest BCUT2D eigenvalue weighted by Gasteiger charge is -2.30. The molecule has 0 atom stereocenters. The van der Waals surface area contributed by atoms with E-state index in [0.29, 0.717) is 22.2 Å². The lowest BCUT2D eigenvalue weighted by Crippen LogP contribution is -2.40. The maximum Gasteiger partial charge on any atom is 0.434 e. The first-order valence-corrected chi connectivity index (χ1v) is 11.6. The Morgan fingerprint density at radius 3 is 2.50 bits per heavy atom. The summed E-state index contributed by atoms with van der Waals surface area (Å²) in [5.41, 5.74) is -0.215. The number of nitrogens with one attached hydrogen (secondary N) is 2. The van der Waals surface area contributed by atoms with Gasteiger partial charge >= 0.3 is 6.18 Å². The molecule has 182 valence electrons. The van der Waals surface area contributed by atoms with Crippen molar-refractivity contribution in [2.75, 3.05) is 5.32 Å². The van der Waals surface area contributed by atoms with E-state index in [1.54, 1.807) is 36.4 Å². The third-order valence-corrected chi connectivity index (χ3v) is 6.05. The van der Waals surface area contributed by atoms with Crippen molar-refractivity contribution in [1.29, 1.82) is 0 Å². The molecule has 4 rings (SSSR count). The number of alkyl halides is 3. The molecule has 2 heterocycles. The number of anilines is 1. The molecule has 1 aliphatic carbocycles. The lowest BCUT2D eigenvalue weighted by molar-refractivity contribution is -0.140. The first-order valence-electron chi connectivity index (χ1n) is 11.2. The van der Waals surface area contributed by atoms with Crippen molar-refractivity contribution in [3.63, 3.8) is 0 Å². The summed E-state index contributed by atoms with van der Waals surface area (Å²) in [6, 6.07) is 10.0. The molecule has 2 aromatic heterocycles. The summed E-state index contributed by atoms with van der Waals surface area (Å²) < 4.78 is 46.1. The minimum Gasteiger partial charge on any atom is -0.489 e.